The molecule has 4 nitrogen and oxygen atoms in total. The van der Waals surface area contributed by atoms with E-state index in [9.17, 15) is 9.59 Å². The van der Waals surface area contributed by atoms with E-state index in [1.54, 1.807) is 36.2 Å². The predicted molar refractivity (Wildman–Crippen MR) is 82.9 cm³/mol. The van der Waals surface area contributed by atoms with E-state index in [0.29, 0.717) is 11.3 Å². The number of nitrogens with zero attached hydrogens (tertiary/aromatic N) is 2. The van der Waals surface area contributed by atoms with Crippen LogP contribution in [0.3, 0.4) is 0 Å². The number of ketones is 1. The van der Waals surface area contributed by atoms with Crippen molar-refractivity contribution in [3.63, 3.8) is 0 Å². The van der Waals surface area contributed by atoms with Gasteiger partial charge in [0, 0.05) is 36.4 Å². The molecule has 0 unspecified atom stereocenters. The minimum absolute atomic E-state index is 0.0192. The molecule has 0 saturated heterocycles. The molecular formula is C15H17BrN2O2. The number of hydrogen-bond donors (Lipinski definition) is 0. The van der Waals surface area contributed by atoms with E-state index in [4.69, 9.17) is 0 Å². The van der Waals surface area contributed by atoms with Gasteiger partial charge < -0.3 is 9.80 Å². The van der Waals surface area contributed by atoms with Gasteiger partial charge in [-0.1, -0.05) is 15.9 Å². The number of fused-ring (bicyclic) bond motifs is 1. The van der Waals surface area contributed by atoms with Gasteiger partial charge in [0.2, 0.25) is 5.78 Å². The maximum absolute atomic E-state index is 12.6. The number of Topliss-reactive ketones (excluding diaryl/α,β-unsaturated/α-hetero) is 1. The molecule has 0 spiro atoms. The van der Waals surface area contributed by atoms with E-state index in [1.807, 2.05) is 26.0 Å². The first-order chi connectivity index (χ1) is 9.32. The van der Waals surface area contributed by atoms with Gasteiger partial charge in [0.25, 0.3) is 5.91 Å². The van der Waals surface area contributed by atoms with Crippen LogP contribution in [0.4, 0.5) is 5.69 Å². The van der Waals surface area contributed by atoms with Gasteiger partial charge in [-0.2, -0.15) is 0 Å². The van der Waals surface area contributed by atoms with Gasteiger partial charge in [0.15, 0.2) is 0 Å². The van der Waals surface area contributed by atoms with E-state index in [1.165, 1.54) is 0 Å². The lowest BCUT2D eigenvalue weighted by atomic mass is 9.94. The summed E-state index contributed by atoms with van der Waals surface area (Å²) in [7, 11) is 3.59. The van der Waals surface area contributed by atoms with Crippen molar-refractivity contribution in [2.24, 2.45) is 0 Å². The molecule has 0 N–H and O–H groups in total. The van der Waals surface area contributed by atoms with Gasteiger partial charge in [-0.05, 0) is 32.0 Å². The minimum Gasteiger partial charge on any atom is -0.383 e. The number of carbonyl (C=O) groups excluding carboxylic acids is 2. The third-order valence-electron chi connectivity index (χ3n) is 3.06. The smallest absolute Gasteiger partial charge is 0.264 e. The first-order valence-corrected chi connectivity index (χ1v) is 7.18. The first-order valence-electron chi connectivity index (χ1n) is 6.39. The molecule has 0 aromatic heterocycles. The van der Waals surface area contributed by atoms with E-state index in [-0.39, 0.29) is 23.3 Å². The quantitative estimate of drug-likeness (QED) is 0.616. The van der Waals surface area contributed by atoms with E-state index in [2.05, 4.69) is 15.9 Å². The summed E-state index contributed by atoms with van der Waals surface area (Å²) in [6.45, 7) is 3.87. The molecule has 5 heteroatoms. The number of benzene rings is 1. The topological polar surface area (TPSA) is 40.6 Å². The van der Waals surface area contributed by atoms with Crippen molar-refractivity contribution >= 4 is 33.3 Å². The third kappa shape index (κ3) is 2.50. The van der Waals surface area contributed by atoms with Crippen molar-refractivity contribution in [2.75, 3.05) is 19.0 Å². The molecule has 0 atom stereocenters. The number of carbonyl (C=O) groups is 2. The van der Waals surface area contributed by atoms with E-state index < -0.39 is 0 Å². The summed E-state index contributed by atoms with van der Waals surface area (Å²) < 4.78 is 0.850. The lowest BCUT2D eigenvalue weighted by Crippen LogP contribution is -2.44. The van der Waals surface area contributed by atoms with Crippen LogP contribution in [-0.4, -0.2) is 36.7 Å². The summed E-state index contributed by atoms with van der Waals surface area (Å²) in [6.07, 6.45) is 1.59. The Bertz CT molecular complexity index is 606. The molecule has 1 aromatic carbocycles. The van der Waals surface area contributed by atoms with Crippen LogP contribution in [0.2, 0.25) is 0 Å². The average molecular weight is 337 g/mol. The van der Waals surface area contributed by atoms with Crippen LogP contribution in [0.15, 0.2) is 34.4 Å². The van der Waals surface area contributed by atoms with Crippen molar-refractivity contribution in [1.29, 1.82) is 0 Å². The van der Waals surface area contributed by atoms with Crippen LogP contribution in [0.1, 0.15) is 24.2 Å². The van der Waals surface area contributed by atoms with Crippen molar-refractivity contribution < 1.29 is 9.59 Å². The highest BCUT2D eigenvalue weighted by Gasteiger charge is 2.36. The number of anilines is 1. The highest BCUT2D eigenvalue weighted by atomic mass is 79.9. The molecule has 1 heterocycles. The van der Waals surface area contributed by atoms with Gasteiger partial charge in [-0.3, -0.25) is 9.59 Å². The SMILES string of the molecule is CC(C)N1C(=O)/C(=C\N(C)C)C(=O)c2ccc(Br)cc21. The number of rotatable bonds is 2. The minimum atomic E-state index is -0.246. The molecule has 2 rings (SSSR count). The Morgan fingerprint density at radius 3 is 2.45 bits per heavy atom. The standard InChI is InChI=1S/C15H17BrN2O2/c1-9(2)18-13-7-10(16)5-6-11(13)14(19)12(15(18)20)8-17(3)4/h5-9H,1-4H3/b12-8-. The summed E-state index contributed by atoms with van der Waals surface area (Å²) in [6, 6.07) is 5.37. The zero-order valence-electron chi connectivity index (χ0n) is 12.0. The molecule has 1 aliphatic heterocycles. The highest BCUT2D eigenvalue weighted by molar-refractivity contribution is 9.10. The van der Waals surface area contributed by atoms with Gasteiger partial charge in [-0.15, -0.1) is 0 Å². The summed E-state index contributed by atoms with van der Waals surface area (Å²) in [5.41, 5.74) is 1.44. The molecule has 0 fully saturated rings. The second-order valence-electron chi connectivity index (χ2n) is 5.27. The van der Waals surface area contributed by atoms with Gasteiger partial charge in [0.1, 0.15) is 5.57 Å². The summed E-state index contributed by atoms with van der Waals surface area (Å²) in [5, 5.41) is 0. The lowest BCUT2D eigenvalue weighted by Gasteiger charge is -2.33. The summed E-state index contributed by atoms with van der Waals surface area (Å²) >= 11 is 3.39. The molecule has 1 aliphatic rings. The molecule has 20 heavy (non-hydrogen) atoms. The van der Waals surface area contributed by atoms with Crippen molar-refractivity contribution in [1.82, 2.24) is 4.90 Å². The molecule has 0 radical (unpaired) electrons. The molecule has 0 bridgehead atoms. The fourth-order valence-electron chi connectivity index (χ4n) is 2.26. The Hall–Kier alpha value is -1.62. The second kappa shape index (κ2) is 5.40. The predicted octanol–water partition coefficient (Wildman–Crippen LogP) is 2.83. The lowest BCUT2D eigenvalue weighted by molar-refractivity contribution is -0.115. The second-order valence-corrected chi connectivity index (χ2v) is 6.18. The Labute approximate surface area is 127 Å². The number of amides is 1. The molecular weight excluding hydrogens is 320 g/mol. The fraction of sp³-hybridized carbons (Fsp3) is 0.333. The Morgan fingerprint density at radius 2 is 1.90 bits per heavy atom. The monoisotopic (exact) mass is 336 g/mol. The molecule has 0 saturated carbocycles. The van der Waals surface area contributed by atoms with E-state index in [0.717, 1.165) is 4.47 Å². The van der Waals surface area contributed by atoms with Crippen LogP contribution in [0.25, 0.3) is 0 Å². The Morgan fingerprint density at radius 1 is 1.25 bits per heavy atom. The number of hydrogen-bond acceptors (Lipinski definition) is 3. The van der Waals surface area contributed by atoms with Crippen LogP contribution in [0, 0.1) is 0 Å². The maximum atomic E-state index is 12.6. The van der Waals surface area contributed by atoms with Crippen molar-refractivity contribution in [3.8, 4) is 0 Å². The molecule has 1 amide bonds. The zero-order chi connectivity index (χ0) is 15.0. The average Bonchev–Trinajstić information content (AvgIpc) is 2.33. The number of halogens is 1. The summed E-state index contributed by atoms with van der Waals surface area (Å²) in [5.74, 6) is -0.465. The van der Waals surface area contributed by atoms with Gasteiger partial charge in [-0.25, -0.2) is 0 Å². The maximum Gasteiger partial charge on any atom is 0.264 e. The van der Waals surface area contributed by atoms with Gasteiger partial charge in [0.05, 0.1) is 5.69 Å². The largest absolute Gasteiger partial charge is 0.383 e. The normalized spacial score (nSPS) is 16.9. The van der Waals surface area contributed by atoms with Crippen molar-refractivity contribution in [2.45, 2.75) is 19.9 Å². The molecule has 0 aliphatic carbocycles. The molecule has 1 aromatic rings. The van der Waals surface area contributed by atoms with Gasteiger partial charge >= 0.3 is 0 Å². The summed E-state index contributed by atoms with van der Waals surface area (Å²) in [4.78, 5) is 28.4. The van der Waals surface area contributed by atoms with Crippen LogP contribution in [0.5, 0.6) is 0 Å². The molecule has 106 valence electrons. The van der Waals surface area contributed by atoms with Crippen LogP contribution in [-0.2, 0) is 4.79 Å². The Kier molecular flexibility index (Phi) is 3.99. The fourth-order valence-corrected chi connectivity index (χ4v) is 2.61. The third-order valence-corrected chi connectivity index (χ3v) is 3.55. The van der Waals surface area contributed by atoms with Crippen molar-refractivity contribution in [3.05, 3.63) is 40.0 Å². The highest BCUT2D eigenvalue weighted by Crippen LogP contribution is 2.34. The first kappa shape index (κ1) is 14.8. The van der Waals surface area contributed by atoms with Crippen LogP contribution < -0.4 is 4.90 Å². The zero-order valence-corrected chi connectivity index (χ0v) is 13.6. The Balaban J connectivity index is 2.67. The van der Waals surface area contributed by atoms with Crippen LogP contribution >= 0.6 is 15.9 Å². The van der Waals surface area contributed by atoms with E-state index >= 15 is 0 Å².